The van der Waals surface area contributed by atoms with Crippen LogP contribution in [0.25, 0.3) is 11.0 Å². The number of nitrogens with one attached hydrogen (secondary N) is 1. The van der Waals surface area contributed by atoms with Crippen molar-refractivity contribution in [2.75, 3.05) is 7.11 Å². The van der Waals surface area contributed by atoms with E-state index in [-0.39, 0.29) is 11.0 Å². The number of aromatic nitrogens is 4. The van der Waals surface area contributed by atoms with Crippen molar-refractivity contribution >= 4 is 11.0 Å². The second-order valence-corrected chi connectivity index (χ2v) is 6.55. The van der Waals surface area contributed by atoms with E-state index < -0.39 is 0 Å². The molecule has 0 radical (unpaired) electrons. The van der Waals surface area contributed by atoms with E-state index in [1.165, 1.54) is 0 Å². The minimum absolute atomic E-state index is 0.152. The maximum Gasteiger partial charge on any atom is 0.262 e. The first kappa shape index (κ1) is 15.3. The fraction of sp³-hybridized carbons (Fsp3) is 0.353. The number of hydrogen-bond acceptors (Lipinski definition) is 4. The van der Waals surface area contributed by atoms with Gasteiger partial charge in [-0.05, 0) is 17.7 Å². The molecule has 0 saturated heterocycles. The fourth-order valence-corrected chi connectivity index (χ4v) is 2.34. The van der Waals surface area contributed by atoms with Crippen LogP contribution in [0.15, 0.2) is 35.3 Å². The van der Waals surface area contributed by atoms with E-state index in [1.54, 1.807) is 18.0 Å². The zero-order valence-corrected chi connectivity index (χ0v) is 13.8. The average Bonchev–Trinajstić information content (AvgIpc) is 2.91. The predicted octanol–water partition coefficient (Wildman–Crippen LogP) is 2.47. The number of ether oxygens (including phenoxy) is 1. The zero-order valence-electron chi connectivity index (χ0n) is 13.8. The quantitative estimate of drug-likeness (QED) is 0.806. The summed E-state index contributed by atoms with van der Waals surface area (Å²) in [4.78, 5) is 19.7. The van der Waals surface area contributed by atoms with Gasteiger partial charge in [-0.15, -0.1) is 0 Å². The van der Waals surface area contributed by atoms with Crippen molar-refractivity contribution in [3.63, 3.8) is 0 Å². The second kappa shape index (κ2) is 5.53. The molecule has 0 aliphatic carbocycles. The molecule has 0 atom stereocenters. The number of benzene rings is 1. The molecule has 3 aromatic rings. The van der Waals surface area contributed by atoms with E-state index in [4.69, 9.17) is 4.74 Å². The van der Waals surface area contributed by atoms with Gasteiger partial charge < -0.3 is 9.72 Å². The molecule has 6 heteroatoms. The molecule has 0 unspecified atom stereocenters. The van der Waals surface area contributed by atoms with Crippen LogP contribution in [0.4, 0.5) is 0 Å². The highest BCUT2D eigenvalue weighted by Crippen LogP contribution is 2.19. The number of fused-ring (bicyclic) bond motifs is 1. The minimum atomic E-state index is -0.234. The van der Waals surface area contributed by atoms with E-state index >= 15 is 0 Å². The molecule has 2 aromatic heterocycles. The first-order valence-corrected chi connectivity index (χ1v) is 7.48. The van der Waals surface area contributed by atoms with Crippen LogP contribution in [0.2, 0.25) is 0 Å². The summed E-state index contributed by atoms with van der Waals surface area (Å²) in [7, 11) is 1.64. The lowest BCUT2D eigenvalue weighted by molar-refractivity contribution is 0.414. The monoisotopic (exact) mass is 312 g/mol. The van der Waals surface area contributed by atoms with Gasteiger partial charge in [-0.2, -0.15) is 5.10 Å². The summed E-state index contributed by atoms with van der Waals surface area (Å²) in [5, 5.41) is 4.83. The topological polar surface area (TPSA) is 72.8 Å². The molecule has 0 fully saturated rings. The number of methoxy groups -OCH3 is 1. The summed E-state index contributed by atoms with van der Waals surface area (Å²) in [6.45, 7) is 6.59. The molecule has 0 amide bonds. The SMILES string of the molecule is COc1ccc(Cn2ncc3c(=O)[nH]c(C(C)(C)C)nc32)cc1. The molecule has 0 aliphatic heterocycles. The molecular formula is C17H20N4O2. The normalized spacial score (nSPS) is 11.8. The Balaban J connectivity index is 2.03. The number of H-pyrrole nitrogens is 1. The molecule has 1 aromatic carbocycles. The van der Waals surface area contributed by atoms with E-state index in [1.807, 2.05) is 45.0 Å². The molecule has 0 aliphatic rings. The van der Waals surface area contributed by atoms with Crippen LogP contribution in [0.1, 0.15) is 32.2 Å². The second-order valence-electron chi connectivity index (χ2n) is 6.55. The highest BCUT2D eigenvalue weighted by atomic mass is 16.5. The van der Waals surface area contributed by atoms with Crippen LogP contribution in [0.3, 0.4) is 0 Å². The summed E-state index contributed by atoms with van der Waals surface area (Å²) in [5.74, 6) is 1.47. The van der Waals surface area contributed by atoms with Crippen LogP contribution >= 0.6 is 0 Å². The molecule has 23 heavy (non-hydrogen) atoms. The lowest BCUT2D eigenvalue weighted by Crippen LogP contribution is -2.22. The van der Waals surface area contributed by atoms with Gasteiger partial charge in [0.2, 0.25) is 0 Å². The van der Waals surface area contributed by atoms with Crippen molar-refractivity contribution in [2.24, 2.45) is 0 Å². The van der Waals surface area contributed by atoms with Crippen molar-refractivity contribution in [1.82, 2.24) is 19.7 Å². The summed E-state index contributed by atoms with van der Waals surface area (Å²) in [6, 6.07) is 7.76. The van der Waals surface area contributed by atoms with E-state index in [9.17, 15) is 4.79 Å². The van der Waals surface area contributed by atoms with Crippen LogP contribution in [-0.4, -0.2) is 26.9 Å². The average molecular weight is 312 g/mol. The van der Waals surface area contributed by atoms with Crippen molar-refractivity contribution in [3.05, 3.63) is 52.2 Å². The van der Waals surface area contributed by atoms with Gasteiger partial charge in [0, 0.05) is 5.41 Å². The molecule has 0 saturated carbocycles. The van der Waals surface area contributed by atoms with Crippen molar-refractivity contribution in [1.29, 1.82) is 0 Å². The zero-order chi connectivity index (χ0) is 16.6. The van der Waals surface area contributed by atoms with Crippen LogP contribution in [0.5, 0.6) is 5.75 Å². The Morgan fingerprint density at radius 1 is 1.22 bits per heavy atom. The third-order valence-electron chi connectivity index (χ3n) is 3.71. The molecular weight excluding hydrogens is 292 g/mol. The largest absolute Gasteiger partial charge is 0.497 e. The Hall–Kier alpha value is -2.63. The highest BCUT2D eigenvalue weighted by molar-refractivity contribution is 5.73. The summed E-state index contributed by atoms with van der Waals surface area (Å²) in [6.07, 6.45) is 1.57. The van der Waals surface area contributed by atoms with Gasteiger partial charge in [-0.25, -0.2) is 9.67 Å². The molecule has 0 bridgehead atoms. The Kier molecular flexibility index (Phi) is 3.67. The molecule has 0 spiro atoms. The number of rotatable bonds is 3. The van der Waals surface area contributed by atoms with Gasteiger partial charge in [0.15, 0.2) is 5.65 Å². The highest BCUT2D eigenvalue weighted by Gasteiger charge is 2.19. The van der Waals surface area contributed by atoms with Gasteiger partial charge >= 0.3 is 0 Å². The van der Waals surface area contributed by atoms with Crippen molar-refractivity contribution in [3.8, 4) is 5.75 Å². The summed E-state index contributed by atoms with van der Waals surface area (Å²) >= 11 is 0. The molecule has 3 rings (SSSR count). The van der Waals surface area contributed by atoms with Gasteiger partial charge in [0.1, 0.15) is 17.0 Å². The van der Waals surface area contributed by atoms with E-state index in [2.05, 4.69) is 15.1 Å². The number of aromatic amines is 1. The maximum absolute atomic E-state index is 12.2. The Labute approximate surface area is 134 Å². The smallest absolute Gasteiger partial charge is 0.262 e. The van der Waals surface area contributed by atoms with Crippen LogP contribution in [0, 0.1) is 0 Å². The summed E-state index contributed by atoms with van der Waals surface area (Å²) < 4.78 is 6.91. The number of hydrogen-bond donors (Lipinski definition) is 1. The fourth-order valence-electron chi connectivity index (χ4n) is 2.34. The third-order valence-corrected chi connectivity index (χ3v) is 3.71. The third kappa shape index (κ3) is 2.97. The standard InChI is InChI=1S/C17H20N4O2/c1-17(2,3)16-19-14-13(15(22)20-16)9-18-21(14)10-11-5-7-12(23-4)8-6-11/h5-9H,10H2,1-4H3,(H,19,20,22). The maximum atomic E-state index is 12.2. The lowest BCUT2D eigenvalue weighted by Gasteiger charge is -2.17. The Bertz CT molecular complexity index is 886. The lowest BCUT2D eigenvalue weighted by atomic mass is 9.96. The molecule has 2 heterocycles. The van der Waals surface area contributed by atoms with Crippen LogP contribution < -0.4 is 10.3 Å². The first-order valence-electron chi connectivity index (χ1n) is 7.48. The van der Waals surface area contributed by atoms with E-state index in [0.717, 1.165) is 11.3 Å². The predicted molar refractivity (Wildman–Crippen MR) is 88.9 cm³/mol. The van der Waals surface area contributed by atoms with Crippen molar-refractivity contribution in [2.45, 2.75) is 32.7 Å². The number of nitrogens with zero attached hydrogens (tertiary/aromatic N) is 3. The minimum Gasteiger partial charge on any atom is -0.497 e. The Morgan fingerprint density at radius 3 is 2.52 bits per heavy atom. The molecule has 1 N–H and O–H groups in total. The van der Waals surface area contributed by atoms with Gasteiger partial charge in [-0.3, -0.25) is 4.79 Å². The molecule has 120 valence electrons. The molecule has 6 nitrogen and oxygen atoms in total. The summed E-state index contributed by atoms with van der Waals surface area (Å²) in [5.41, 5.74) is 1.29. The Morgan fingerprint density at radius 2 is 1.91 bits per heavy atom. The first-order chi connectivity index (χ1) is 10.9. The van der Waals surface area contributed by atoms with E-state index in [0.29, 0.717) is 23.4 Å². The van der Waals surface area contributed by atoms with Gasteiger partial charge in [-0.1, -0.05) is 32.9 Å². The van der Waals surface area contributed by atoms with Gasteiger partial charge in [0.25, 0.3) is 5.56 Å². The van der Waals surface area contributed by atoms with Crippen molar-refractivity contribution < 1.29 is 4.74 Å². The van der Waals surface area contributed by atoms with Gasteiger partial charge in [0.05, 0.1) is 19.9 Å². The van der Waals surface area contributed by atoms with Crippen LogP contribution in [-0.2, 0) is 12.0 Å².